The molecule has 7 heteroatoms. The van der Waals surface area contributed by atoms with Crippen molar-refractivity contribution in [2.45, 2.75) is 57.1 Å². The molecule has 1 saturated heterocycles. The molecule has 0 unspecified atom stereocenters. The predicted molar refractivity (Wildman–Crippen MR) is 134 cm³/mol. The largest absolute Gasteiger partial charge is 0.392 e. The molecule has 0 atom stereocenters. The van der Waals surface area contributed by atoms with E-state index in [2.05, 4.69) is 45.7 Å². The standard InChI is InChI=1S/C27H35FN4O2/c1-31(2)27(33)29-26-13-10-22(18-25(26)28)21-8-11-23(12-9-21)30-34-24-14-16-32(17-15-24)19-20-6-4-3-5-7-20/h3-7,10,13,18,21,24H,8-9,11-12,14-17,19H2,1-2H3,(H,29,33). The molecule has 2 fully saturated rings. The lowest BCUT2D eigenvalue weighted by Gasteiger charge is -2.31. The summed E-state index contributed by atoms with van der Waals surface area (Å²) in [4.78, 5) is 21.5. The number of carbonyl (C=O) groups excluding carboxylic acids is 1. The molecule has 2 aromatic rings. The van der Waals surface area contributed by atoms with E-state index in [0.717, 1.165) is 69.4 Å². The molecule has 0 radical (unpaired) electrons. The molecule has 0 bridgehead atoms. The first kappa shape index (κ1) is 24.2. The number of oxime groups is 1. The molecule has 0 spiro atoms. The van der Waals surface area contributed by atoms with Crippen LogP contribution in [0.2, 0.25) is 0 Å². The zero-order valence-corrected chi connectivity index (χ0v) is 20.2. The van der Waals surface area contributed by atoms with Crippen LogP contribution in [-0.4, -0.2) is 54.8 Å². The maximum absolute atomic E-state index is 14.5. The molecule has 1 aliphatic heterocycles. The molecule has 2 amide bonds. The summed E-state index contributed by atoms with van der Waals surface area (Å²) >= 11 is 0. The minimum atomic E-state index is -0.394. The molecule has 1 N–H and O–H groups in total. The van der Waals surface area contributed by atoms with Crippen molar-refractivity contribution in [3.63, 3.8) is 0 Å². The van der Waals surface area contributed by atoms with Crippen LogP contribution in [0.1, 0.15) is 55.6 Å². The van der Waals surface area contributed by atoms with Crippen molar-refractivity contribution >= 4 is 17.4 Å². The average Bonchev–Trinajstić information content (AvgIpc) is 2.86. The summed E-state index contributed by atoms with van der Waals surface area (Å²) in [5, 5.41) is 7.08. The van der Waals surface area contributed by atoms with Gasteiger partial charge in [-0.3, -0.25) is 4.90 Å². The molecule has 6 nitrogen and oxygen atoms in total. The Bertz CT molecular complexity index is 977. The molecule has 1 heterocycles. The van der Waals surface area contributed by atoms with Crippen molar-refractivity contribution in [2.75, 3.05) is 32.5 Å². The fourth-order valence-corrected chi connectivity index (χ4v) is 4.65. The Morgan fingerprint density at radius 3 is 2.44 bits per heavy atom. The Hall–Kier alpha value is -2.93. The van der Waals surface area contributed by atoms with Crippen molar-refractivity contribution in [3.05, 3.63) is 65.5 Å². The minimum Gasteiger partial charge on any atom is -0.392 e. The smallest absolute Gasteiger partial charge is 0.321 e. The van der Waals surface area contributed by atoms with Gasteiger partial charge in [-0.15, -0.1) is 0 Å². The van der Waals surface area contributed by atoms with Crippen LogP contribution in [0.4, 0.5) is 14.9 Å². The number of likely N-dealkylation sites (tertiary alicyclic amines) is 1. The van der Waals surface area contributed by atoms with Gasteiger partial charge in [0.25, 0.3) is 0 Å². The second kappa shape index (κ2) is 11.5. The molecule has 2 aromatic carbocycles. The van der Waals surface area contributed by atoms with E-state index in [0.29, 0.717) is 5.92 Å². The monoisotopic (exact) mass is 466 g/mol. The Morgan fingerprint density at radius 1 is 1.09 bits per heavy atom. The first-order valence-electron chi connectivity index (χ1n) is 12.2. The number of piperidine rings is 1. The van der Waals surface area contributed by atoms with Gasteiger partial charge in [-0.1, -0.05) is 41.6 Å². The second-order valence-electron chi connectivity index (χ2n) is 9.56. The number of halogens is 1. The highest BCUT2D eigenvalue weighted by molar-refractivity contribution is 5.89. The number of nitrogens with one attached hydrogen (secondary N) is 1. The van der Waals surface area contributed by atoms with Crippen LogP contribution in [0, 0.1) is 5.82 Å². The first-order chi connectivity index (χ1) is 16.5. The number of amides is 2. The quantitative estimate of drug-likeness (QED) is 0.563. The SMILES string of the molecule is CN(C)C(=O)Nc1ccc(C2CCC(=NOC3CCN(Cc4ccccc4)CC3)CC2)cc1F. The topological polar surface area (TPSA) is 57.2 Å². The Balaban J connectivity index is 1.21. The van der Waals surface area contributed by atoms with Crippen molar-refractivity contribution in [3.8, 4) is 0 Å². The van der Waals surface area contributed by atoms with Gasteiger partial charge in [0.1, 0.15) is 11.9 Å². The summed E-state index contributed by atoms with van der Waals surface area (Å²) in [6, 6.07) is 15.4. The van der Waals surface area contributed by atoms with Crippen LogP contribution < -0.4 is 5.32 Å². The van der Waals surface area contributed by atoms with Crippen LogP contribution in [0.15, 0.2) is 53.7 Å². The molecule has 1 aliphatic carbocycles. The lowest BCUT2D eigenvalue weighted by Crippen LogP contribution is -2.36. The van der Waals surface area contributed by atoms with E-state index in [1.165, 1.54) is 10.5 Å². The summed E-state index contributed by atoms with van der Waals surface area (Å²) in [5.74, 6) is -0.0950. The van der Waals surface area contributed by atoms with Gasteiger partial charge in [-0.25, -0.2) is 9.18 Å². The lowest BCUT2D eigenvalue weighted by atomic mass is 9.83. The van der Waals surface area contributed by atoms with E-state index in [9.17, 15) is 9.18 Å². The van der Waals surface area contributed by atoms with Crippen LogP contribution in [0.3, 0.4) is 0 Å². The van der Waals surface area contributed by atoms with Gasteiger partial charge >= 0.3 is 6.03 Å². The van der Waals surface area contributed by atoms with Gasteiger partial charge in [0.2, 0.25) is 0 Å². The third-order valence-electron chi connectivity index (χ3n) is 6.79. The fraction of sp³-hybridized carbons (Fsp3) is 0.481. The molecule has 34 heavy (non-hydrogen) atoms. The van der Waals surface area contributed by atoms with Gasteiger partial charge in [-0.2, -0.15) is 0 Å². The summed E-state index contributed by atoms with van der Waals surface area (Å²) in [5.41, 5.74) is 3.65. The summed E-state index contributed by atoms with van der Waals surface area (Å²) in [6.07, 6.45) is 5.80. The van der Waals surface area contributed by atoms with Crippen molar-refractivity contribution in [2.24, 2.45) is 5.16 Å². The van der Waals surface area contributed by atoms with Crippen LogP contribution >= 0.6 is 0 Å². The number of hydrogen-bond acceptors (Lipinski definition) is 4. The number of anilines is 1. The van der Waals surface area contributed by atoms with E-state index in [1.807, 2.05) is 6.07 Å². The van der Waals surface area contributed by atoms with Gasteiger partial charge in [0.15, 0.2) is 0 Å². The Kier molecular flexibility index (Phi) is 8.16. The molecular formula is C27H35FN4O2. The molecule has 1 saturated carbocycles. The summed E-state index contributed by atoms with van der Waals surface area (Å²) < 4.78 is 14.5. The maximum Gasteiger partial charge on any atom is 0.321 e. The number of rotatable bonds is 6. The molecule has 2 aliphatic rings. The number of nitrogens with zero attached hydrogens (tertiary/aromatic N) is 3. The normalized spacial score (nSPS) is 19.5. The minimum absolute atomic E-state index is 0.191. The molecular weight excluding hydrogens is 431 g/mol. The zero-order chi connectivity index (χ0) is 23.9. The second-order valence-corrected chi connectivity index (χ2v) is 9.56. The van der Waals surface area contributed by atoms with E-state index >= 15 is 0 Å². The van der Waals surface area contributed by atoms with Crippen molar-refractivity contribution < 1.29 is 14.0 Å². The third-order valence-corrected chi connectivity index (χ3v) is 6.79. The number of hydrogen-bond donors (Lipinski definition) is 1. The molecule has 0 aromatic heterocycles. The number of benzene rings is 2. The van der Waals surface area contributed by atoms with Gasteiger partial charge in [0.05, 0.1) is 11.4 Å². The lowest BCUT2D eigenvalue weighted by molar-refractivity contribution is 0.00829. The summed E-state index contributed by atoms with van der Waals surface area (Å²) in [6.45, 7) is 3.05. The fourth-order valence-electron chi connectivity index (χ4n) is 4.65. The van der Waals surface area contributed by atoms with Crippen molar-refractivity contribution in [1.82, 2.24) is 9.80 Å². The third kappa shape index (κ3) is 6.56. The Morgan fingerprint density at radius 2 is 1.79 bits per heavy atom. The molecule has 4 rings (SSSR count). The van der Waals surface area contributed by atoms with E-state index in [4.69, 9.17) is 4.84 Å². The average molecular weight is 467 g/mol. The van der Waals surface area contributed by atoms with Crippen LogP contribution in [-0.2, 0) is 11.4 Å². The van der Waals surface area contributed by atoms with Gasteiger partial charge in [0, 0.05) is 33.7 Å². The highest BCUT2D eigenvalue weighted by Gasteiger charge is 2.23. The van der Waals surface area contributed by atoms with Crippen molar-refractivity contribution in [1.29, 1.82) is 0 Å². The highest BCUT2D eigenvalue weighted by Crippen LogP contribution is 2.33. The Labute approximate surface area is 201 Å². The number of carbonyl (C=O) groups is 1. The number of urea groups is 1. The maximum atomic E-state index is 14.5. The first-order valence-corrected chi connectivity index (χ1v) is 12.2. The zero-order valence-electron chi connectivity index (χ0n) is 20.2. The van der Waals surface area contributed by atoms with Crippen LogP contribution in [0.25, 0.3) is 0 Å². The molecule has 182 valence electrons. The predicted octanol–water partition coefficient (Wildman–Crippen LogP) is 5.61. The van der Waals surface area contributed by atoms with E-state index in [-0.39, 0.29) is 17.8 Å². The van der Waals surface area contributed by atoms with Gasteiger partial charge in [-0.05, 0) is 67.7 Å². The van der Waals surface area contributed by atoms with Gasteiger partial charge < -0.3 is 15.1 Å². The summed E-state index contributed by atoms with van der Waals surface area (Å²) in [7, 11) is 3.25. The van der Waals surface area contributed by atoms with E-state index in [1.54, 1.807) is 26.2 Å². The van der Waals surface area contributed by atoms with Crippen LogP contribution in [0.5, 0.6) is 0 Å². The van der Waals surface area contributed by atoms with E-state index < -0.39 is 5.82 Å². The highest BCUT2D eigenvalue weighted by atomic mass is 19.1.